The molecular weight excluding hydrogens is 356 g/mol. The molecule has 1 saturated carbocycles. The van der Waals surface area contributed by atoms with Crippen molar-refractivity contribution < 1.29 is 13.2 Å². The first-order valence-electron chi connectivity index (χ1n) is 6.74. The number of amides is 1. The van der Waals surface area contributed by atoms with Crippen LogP contribution in [0.1, 0.15) is 42.1 Å². The minimum absolute atomic E-state index is 0.0307. The molecule has 21 heavy (non-hydrogen) atoms. The number of hydrogen-bond acceptors (Lipinski definition) is 3. The van der Waals surface area contributed by atoms with E-state index in [4.69, 9.17) is 5.14 Å². The van der Waals surface area contributed by atoms with Crippen LogP contribution in [0, 0.1) is 12.3 Å². The normalized spacial score (nSPS) is 17.1. The summed E-state index contributed by atoms with van der Waals surface area (Å²) in [6, 6.07) is 3.02. The second-order valence-electron chi connectivity index (χ2n) is 5.97. The third-order valence-electron chi connectivity index (χ3n) is 4.11. The Hall–Kier alpha value is -0.920. The van der Waals surface area contributed by atoms with Crippen molar-refractivity contribution in [2.45, 2.75) is 38.0 Å². The van der Waals surface area contributed by atoms with E-state index in [1.54, 1.807) is 13.0 Å². The molecule has 0 spiro atoms. The maximum absolute atomic E-state index is 12.3. The third-order valence-corrected chi connectivity index (χ3v) is 5.61. The molecule has 0 heterocycles. The van der Waals surface area contributed by atoms with E-state index >= 15 is 0 Å². The maximum Gasteiger partial charge on any atom is 0.251 e. The second kappa shape index (κ2) is 5.70. The topological polar surface area (TPSA) is 89.3 Å². The van der Waals surface area contributed by atoms with Crippen LogP contribution in [0.15, 0.2) is 21.5 Å². The summed E-state index contributed by atoms with van der Waals surface area (Å²) in [5, 5.41) is 8.08. The van der Waals surface area contributed by atoms with E-state index < -0.39 is 10.0 Å². The van der Waals surface area contributed by atoms with E-state index in [0.717, 1.165) is 12.8 Å². The monoisotopic (exact) mass is 374 g/mol. The molecule has 0 saturated heterocycles. The Kier molecular flexibility index (Phi) is 4.46. The van der Waals surface area contributed by atoms with Gasteiger partial charge in [-0.05, 0) is 42.9 Å². The molecule has 0 radical (unpaired) electrons. The van der Waals surface area contributed by atoms with Crippen LogP contribution in [0.2, 0.25) is 0 Å². The Balaban J connectivity index is 2.26. The number of nitrogens with two attached hydrogens (primary N) is 1. The predicted octanol–water partition coefficient (Wildman–Crippen LogP) is 2.32. The molecule has 3 N–H and O–H groups in total. The molecule has 1 aromatic carbocycles. The molecule has 0 aliphatic heterocycles. The Morgan fingerprint density at radius 2 is 2.05 bits per heavy atom. The molecule has 2 rings (SSSR count). The molecule has 0 aromatic heterocycles. The standard InChI is InChI=1S/C14H19BrN2O3S/c1-9-11(6-10(15)7-12(9)21(16,19)20)13(18)17-8-14(2)4-3-5-14/h6-7H,3-5,8H2,1-2H3,(H,17,18)(H2,16,19,20). The van der Waals surface area contributed by atoms with Crippen LogP contribution in [0.25, 0.3) is 0 Å². The molecule has 1 amide bonds. The predicted molar refractivity (Wildman–Crippen MR) is 84.5 cm³/mol. The zero-order chi connectivity index (χ0) is 15.8. The highest BCUT2D eigenvalue weighted by molar-refractivity contribution is 9.10. The van der Waals surface area contributed by atoms with Crippen molar-refractivity contribution in [2.75, 3.05) is 6.54 Å². The van der Waals surface area contributed by atoms with Crippen LogP contribution in [-0.4, -0.2) is 20.9 Å². The molecule has 0 atom stereocenters. The van der Waals surface area contributed by atoms with E-state index in [2.05, 4.69) is 28.2 Å². The van der Waals surface area contributed by atoms with Crippen LogP contribution in [0.3, 0.4) is 0 Å². The molecule has 1 fully saturated rings. The van der Waals surface area contributed by atoms with Gasteiger partial charge in [-0.25, -0.2) is 13.6 Å². The van der Waals surface area contributed by atoms with Crippen molar-refractivity contribution in [1.29, 1.82) is 0 Å². The first-order chi connectivity index (χ1) is 9.62. The summed E-state index contributed by atoms with van der Waals surface area (Å²) in [7, 11) is -3.86. The van der Waals surface area contributed by atoms with Crippen LogP contribution in [0.5, 0.6) is 0 Å². The van der Waals surface area contributed by atoms with Crippen LogP contribution < -0.4 is 10.5 Å². The molecule has 1 aromatic rings. The average molecular weight is 375 g/mol. The smallest absolute Gasteiger partial charge is 0.251 e. The summed E-state index contributed by atoms with van der Waals surface area (Å²) in [5.41, 5.74) is 0.867. The van der Waals surface area contributed by atoms with Gasteiger partial charge in [-0.15, -0.1) is 0 Å². The van der Waals surface area contributed by atoms with Crippen molar-refractivity contribution in [1.82, 2.24) is 5.32 Å². The van der Waals surface area contributed by atoms with Gasteiger partial charge in [-0.2, -0.15) is 0 Å². The molecule has 0 unspecified atom stereocenters. The van der Waals surface area contributed by atoms with Crippen LogP contribution >= 0.6 is 15.9 Å². The minimum Gasteiger partial charge on any atom is -0.351 e. The Morgan fingerprint density at radius 1 is 1.43 bits per heavy atom. The van der Waals surface area contributed by atoms with Crippen molar-refractivity contribution in [3.05, 3.63) is 27.7 Å². The fraction of sp³-hybridized carbons (Fsp3) is 0.500. The summed E-state index contributed by atoms with van der Waals surface area (Å²) in [4.78, 5) is 12.3. The number of halogens is 1. The lowest BCUT2D eigenvalue weighted by atomic mass is 9.70. The fourth-order valence-electron chi connectivity index (χ4n) is 2.53. The Morgan fingerprint density at radius 3 is 2.52 bits per heavy atom. The Labute approximate surface area is 133 Å². The van der Waals surface area contributed by atoms with Gasteiger partial charge in [0.15, 0.2) is 0 Å². The summed E-state index contributed by atoms with van der Waals surface area (Å²) in [6.07, 6.45) is 3.40. The van der Waals surface area contributed by atoms with E-state index in [0.29, 0.717) is 22.1 Å². The SMILES string of the molecule is Cc1c(C(=O)NCC2(C)CCC2)cc(Br)cc1S(N)(=O)=O. The van der Waals surface area contributed by atoms with Crippen molar-refractivity contribution in [2.24, 2.45) is 10.6 Å². The van der Waals surface area contributed by atoms with Gasteiger partial charge in [0.2, 0.25) is 10.0 Å². The largest absolute Gasteiger partial charge is 0.351 e. The van der Waals surface area contributed by atoms with Gasteiger partial charge < -0.3 is 5.32 Å². The highest BCUT2D eigenvalue weighted by atomic mass is 79.9. The molecular formula is C14H19BrN2O3S. The highest BCUT2D eigenvalue weighted by Crippen LogP contribution is 2.39. The average Bonchev–Trinajstić information content (AvgIpc) is 2.34. The third kappa shape index (κ3) is 3.64. The molecule has 7 heteroatoms. The van der Waals surface area contributed by atoms with E-state index in [1.165, 1.54) is 12.5 Å². The number of rotatable bonds is 4. The lowest BCUT2D eigenvalue weighted by Crippen LogP contribution is -2.40. The van der Waals surface area contributed by atoms with Crippen molar-refractivity contribution in [3.63, 3.8) is 0 Å². The number of primary sulfonamides is 1. The van der Waals surface area contributed by atoms with Gasteiger partial charge in [-0.1, -0.05) is 29.3 Å². The van der Waals surface area contributed by atoms with E-state index in [-0.39, 0.29) is 16.2 Å². The van der Waals surface area contributed by atoms with Gasteiger partial charge in [0.1, 0.15) is 0 Å². The van der Waals surface area contributed by atoms with Crippen molar-refractivity contribution >= 4 is 31.9 Å². The first-order valence-corrected chi connectivity index (χ1v) is 9.07. The zero-order valence-corrected chi connectivity index (χ0v) is 14.5. The summed E-state index contributed by atoms with van der Waals surface area (Å²) < 4.78 is 23.7. The van der Waals surface area contributed by atoms with E-state index in [1.807, 2.05) is 0 Å². The second-order valence-corrected chi connectivity index (χ2v) is 8.41. The molecule has 0 bridgehead atoms. The molecule has 5 nitrogen and oxygen atoms in total. The number of carbonyl (C=O) groups excluding carboxylic acids is 1. The molecule has 116 valence electrons. The molecule has 1 aliphatic carbocycles. The first kappa shape index (κ1) is 16.5. The number of sulfonamides is 1. The fourth-order valence-corrected chi connectivity index (χ4v) is 3.97. The van der Waals surface area contributed by atoms with Crippen LogP contribution in [0.4, 0.5) is 0 Å². The van der Waals surface area contributed by atoms with Crippen LogP contribution in [-0.2, 0) is 10.0 Å². The zero-order valence-electron chi connectivity index (χ0n) is 12.1. The number of nitrogens with one attached hydrogen (secondary N) is 1. The minimum atomic E-state index is -3.86. The quantitative estimate of drug-likeness (QED) is 0.847. The number of carbonyl (C=O) groups is 1. The summed E-state index contributed by atoms with van der Waals surface area (Å²) >= 11 is 3.22. The number of benzene rings is 1. The van der Waals surface area contributed by atoms with Gasteiger partial charge >= 0.3 is 0 Å². The van der Waals surface area contributed by atoms with E-state index in [9.17, 15) is 13.2 Å². The van der Waals surface area contributed by atoms with Gasteiger partial charge in [0.05, 0.1) is 4.90 Å². The summed E-state index contributed by atoms with van der Waals surface area (Å²) in [5.74, 6) is -0.271. The molecule has 1 aliphatic rings. The highest BCUT2D eigenvalue weighted by Gasteiger charge is 2.32. The number of hydrogen-bond donors (Lipinski definition) is 2. The van der Waals surface area contributed by atoms with Crippen molar-refractivity contribution in [3.8, 4) is 0 Å². The Bertz CT molecular complexity index is 682. The van der Waals surface area contributed by atoms with Gasteiger partial charge in [0.25, 0.3) is 5.91 Å². The van der Waals surface area contributed by atoms with Gasteiger partial charge in [0, 0.05) is 16.6 Å². The lowest BCUT2D eigenvalue weighted by molar-refractivity contribution is 0.0890. The lowest BCUT2D eigenvalue weighted by Gasteiger charge is -2.38. The summed E-state index contributed by atoms with van der Waals surface area (Å²) in [6.45, 7) is 4.33. The maximum atomic E-state index is 12.3. The van der Waals surface area contributed by atoms with Gasteiger partial charge in [-0.3, -0.25) is 4.79 Å².